The monoisotopic (exact) mass is 310 g/mol. The Kier molecular flexibility index (Phi) is 3.50. The summed E-state index contributed by atoms with van der Waals surface area (Å²) in [6, 6.07) is 12.9. The summed E-state index contributed by atoms with van der Waals surface area (Å²) in [5.74, 6) is -1.29. The van der Waals surface area contributed by atoms with Gasteiger partial charge in [-0.25, -0.2) is 0 Å². The molecule has 23 heavy (non-hydrogen) atoms. The Morgan fingerprint density at radius 3 is 2.43 bits per heavy atom. The predicted molar refractivity (Wildman–Crippen MR) is 86.9 cm³/mol. The minimum absolute atomic E-state index is 0.127. The van der Waals surface area contributed by atoms with Crippen molar-refractivity contribution in [2.24, 2.45) is 7.05 Å². The van der Waals surface area contributed by atoms with Crippen LogP contribution in [0.25, 0.3) is 10.9 Å². The summed E-state index contributed by atoms with van der Waals surface area (Å²) in [5, 5.41) is 22.9. The molecule has 0 fully saturated rings. The van der Waals surface area contributed by atoms with Gasteiger partial charge in [-0.15, -0.1) is 0 Å². The molecule has 0 atom stereocenters. The number of pyridine rings is 1. The van der Waals surface area contributed by atoms with E-state index in [4.69, 9.17) is 0 Å². The van der Waals surface area contributed by atoms with Crippen molar-refractivity contribution >= 4 is 22.5 Å². The second-order valence-electron chi connectivity index (χ2n) is 5.08. The van der Waals surface area contributed by atoms with Gasteiger partial charge in [-0.3, -0.25) is 9.59 Å². The van der Waals surface area contributed by atoms with Gasteiger partial charge in [-0.05, 0) is 24.3 Å². The zero-order chi connectivity index (χ0) is 16.6. The normalized spacial score (nSPS) is 10.7. The van der Waals surface area contributed by atoms with Gasteiger partial charge in [0.1, 0.15) is 17.1 Å². The van der Waals surface area contributed by atoms with Crippen LogP contribution in [-0.4, -0.2) is 20.7 Å². The van der Waals surface area contributed by atoms with Crippen LogP contribution in [0.15, 0.2) is 53.3 Å². The number of aromatic nitrogens is 1. The number of hydrogen-bond donors (Lipinski definition) is 3. The van der Waals surface area contributed by atoms with Crippen molar-refractivity contribution in [2.75, 3.05) is 5.32 Å². The first kappa shape index (κ1) is 14.6. The quantitative estimate of drug-likeness (QED) is 0.633. The fourth-order valence-corrected chi connectivity index (χ4v) is 2.45. The number of benzene rings is 2. The molecule has 1 amide bonds. The molecule has 0 aliphatic rings. The topological polar surface area (TPSA) is 91.6 Å². The lowest BCUT2D eigenvalue weighted by Gasteiger charge is -2.12. The maximum Gasteiger partial charge on any atom is 0.267 e. The number of phenolic OH excluding ortho intramolecular Hbond substituents is 1. The van der Waals surface area contributed by atoms with Gasteiger partial charge in [0.15, 0.2) is 0 Å². The van der Waals surface area contributed by atoms with Crippen LogP contribution in [0.1, 0.15) is 10.4 Å². The number of carbonyl (C=O) groups is 1. The highest BCUT2D eigenvalue weighted by Gasteiger charge is 2.21. The zero-order valence-electron chi connectivity index (χ0n) is 12.3. The van der Waals surface area contributed by atoms with Crippen molar-refractivity contribution in [2.45, 2.75) is 0 Å². The Morgan fingerprint density at radius 1 is 1.04 bits per heavy atom. The lowest BCUT2D eigenvalue weighted by molar-refractivity contribution is 0.102. The Hall–Kier alpha value is -3.28. The minimum atomic E-state index is -0.782. The molecule has 0 radical (unpaired) electrons. The van der Waals surface area contributed by atoms with Crippen molar-refractivity contribution in [3.05, 3.63) is 64.4 Å². The van der Waals surface area contributed by atoms with E-state index >= 15 is 0 Å². The Labute approximate surface area is 131 Å². The van der Waals surface area contributed by atoms with Gasteiger partial charge in [-0.1, -0.05) is 24.3 Å². The molecule has 0 saturated carbocycles. The number of nitrogens with zero attached hydrogens (tertiary/aromatic N) is 1. The highest BCUT2D eigenvalue weighted by molar-refractivity contribution is 6.09. The first-order valence-corrected chi connectivity index (χ1v) is 6.90. The fraction of sp³-hybridized carbons (Fsp3) is 0.0588. The molecule has 0 saturated heterocycles. The predicted octanol–water partition coefficient (Wildman–Crippen LogP) is 2.20. The van der Waals surface area contributed by atoms with E-state index in [1.165, 1.54) is 23.7 Å². The van der Waals surface area contributed by atoms with Gasteiger partial charge in [-0.2, -0.15) is 0 Å². The summed E-state index contributed by atoms with van der Waals surface area (Å²) < 4.78 is 1.30. The molecule has 3 N–H and O–H groups in total. The van der Waals surface area contributed by atoms with Crippen LogP contribution in [0.3, 0.4) is 0 Å². The van der Waals surface area contributed by atoms with Gasteiger partial charge in [0.2, 0.25) is 0 Å². The number of aryl methyl sites for hydroxylation is 1. The lowest BCUT2D eigenvalue weighted by Crippen LogP contribution is -2.28. The molecular formula is C17H14N2O4. The molecule has 0 bridgehead atoms. The van der Waals surface area contributed by atoms with Crippen molar-refractivity contribution in [3.63, 3.8) is 0 Å². The Bertz CT molecular complexity index is 976. The van der Waals surface area contributed by atoms with E-state index < -0.39 is 11.5 Å². The Balaban J connectivity index is 2.15. The maximum absolute atomic E-state index is 12.4. The van der Waals surface area contributed by atoms with Crippen molar-refractivity contribution in [1.29, 1.82) is 0 Å². The first-order valence-electron chi connectivity index (χ1n) is 6.90. The largest absolute Gasteiger partial charge is 0.506 e. The van der Waals surface area contributed by atoms with Gasteiger partial charge >= 0.3 is 0 Å². The zero-order valence-corrected chi connectivity index (χ0v) is 12.3. The number of fused-ring (bicyclic) bond motifs is 1. The van der Waals surface area contributed by atoms with Crippen LogP contribution in [0.5, 0.6) is 11.5 Å². The number of carbonyl (C=O) groups excluding carboxylic acids is 1. The second kappa shape index (κ2) is 5.49. The van der Waals surface area contributed by atoms with Crippen LogP contribution in [0.2, 0.25) is 0 Å². The van der Waals surface area contributed by atoms with Gasteiger partial charge in [0.25, 0.3) is 11.5 Å². The third-order valence-corrected chi connectivity index (χ3v) is 3.66. The highest BCUT2D eigenvalue weighted by atomic mass is 16.3. The van der Waals surface area contributed by atoms with Crippen molar-refractivity contribution in [3.8, 4) is 11.5 Å². The molecule has 1 aromatic heterocycles. The summed E-state index contributed by atoms with van der Waals surface area (Å²) in [4.78, 5) is 24.8. The molecule has 0 spiro atoms. The van der Waals surface area contributed by atoms with Crippen LogP contribution in [0.4, 0.5) is 5.69 Å². The number of anilines is 1. The van der Waals surface area contributed by atoms with E-state index in [9.17, 15) is 19.8 Å². The third kappa shape index (κ3) is 2.40. The number of nitrogens with one attached hydrogen (secondary N) is 1. The molecule has 3 rings (SSSR count). The fourth-order valence-electron chi connectivity index (χ4n) is 2.45. The summed E-state index contributed by atoms with van der Waals surface area (Å²) in [5.41, 5.74) is -0.301. The summed E-state index contributed by atoms with van der Waals surface area (Å²) in [6.07, 6.45) is 0. The molecule has 0 aliphatic carbocycles. The average molecular weight is 310 g/mol. The number of amides is 1. The molecule has 3 aromatic rings. The van der Waals surface area contributed by atoms with E-state index in [0.717, 1.165) is 0 Å². The molecule has 2 aromatic carbocycles. The number of para-hydroxylation sites is 3. The summed E-state index contributed by atoms with van der Waals surface area (Å²) in [6.45, 7) is 0. The Morgan fingerprint density at radius 2 is 1.70 bits per heavy atom. The average Bonchev–Trinajstić information content (AvgIpc) is 2.55. The minimum Gasteiger partial charge on any atom is -0.506 e. The van der Waals surface area contributed by atoms with Crippen LogP contribution in [-0.2, 0) is 7.05 Å². The van der Waals surface area contributed by atoms with E-state index in [1.807, 2.05) is 0 Å². The van der Waals surface area contributed by atoms with E-state index in [0.29, 0.717) is 10.9 Å². The van der Waals surface area contributed by atoms with E-state index in [1.54, 1.807) is 36.4 Å². The molecular weight excluding hydrogens is 296 g/mol. The molecule has 0 unspecified atom stereocenters. The standard InChI is InChI=1S/C17H14N2O4/c1-19-12-8-4-2-6-10(12)15(21)14(17(19)23)16(22)18-11-7-3-5-9-13(11)20/h2-9,20-21H,1H3,(H,18,22). The number of aromatic hydroxyl groups is 2. The van der Waals surface area contributed by atoms with Crippen LogP contribution >= 0.6 is 0 Å². The van der Waals surface area contributed by atoms with Gasteiger partial charge < -0.3 is 20.1 Å². The van der Waals surface area contributed by atoms with E-state index in [-0.39, 0.29) is 22.7 Å². The SMILES string of the molecule is Cn1c(=O)c(C(=O)Nc2ccccc2O)c(O)c2ccccc21. The van der Waals surface area contributed by atoms with Gasteiger partial charge in [0, 0.05) is 12.4 Å². The second-order valence-corrected chi connectivity index (χ2v) is 5.08. The summed E-state index contributed by atoms with van der Waals surface area (Å²) in [7, 11) is 1.53. The number of hydrogen-bond acceptors (Lipinski definition) is 4. The van der Waals surface area contributed by atoms with Crippen LogP contribution in [0, 0.1) is 0 Å². The molecule has 116 valence electrons. The summed E-state index contributed by atoms with van der Waals surface area (Å²) >= 11 is 0. The van der Waals surface area contributed by atoms with Crippen molar-refractivity contribution in [1.82, 2.24) is 4.57 Å². The first-order chi connectivity index (χ1) is 11.0. The van der Waals surface area contributed by atoms with Crippen LogP contribution < -0.4 is 10.9 Å². The van der Waals surface area contributed by atoms with Gasteiger partial charge in [0.05, 0.1) is 11.2 Å². The molecule has 6 nitrogen and oxygen atoms in total. The maximum atomic E-state index is 12.4. The number of phenols is 1. The third-order valence-electron chi connectivity index (χ3n) is 3.66. The molecule has 0 aliphatic heterocycles. The van der Waals surface area contributed by atoms with E-state index in [2.05, 4.69) is 5.32 Å². The lowest BCUT2D eigenvalue weighted by atomic mass is 10.1. The smallest absolute Gasteiger partial charge is 0.267 e. The molecule has 6 heteroatoms. The van der Waals surface area contributed by atoms with Crippen molar-refractivity contribution < 1.29 is 15.0 Å². The highest BCUT2D eigenvalue weighted by Crippen LogP contribution is 2.27. The molecule has 1 heterocycles. The number of rotatable bonds is 2.